The number of amides is 1. The molecule has 0 saturated heterocycles. The van der Waals surface area contributed by atoms with Crippen molar-refractivity contribution in [2.24, 2.45) is 0 Å². The Kier molecular flexibility index (Phi) is 7.64. The summed E-state index contributed by atoms with van der Waals surface area (Å²) >= 11 is 7.46. The molecule has 0 aliphatic rings. The van der Waals surface area contributed by atoms with E-state index < -0.39 is 20.9 Å². The molecule has 0 aliphatic heterocycles. The first-order chi connectivity index (χ1) is 13.6. The Hall–Kier alpha value is -2.14. The minimum absolute atomic E-state index is 0.0340. The summed E-state index contributed by atoms with van der Waals surface area (Å²) in [4.78, 5) is 24.0. The fourth-order valence-corrected chi connectivity index (χ4v) is 4.74. The number of nitro groups is 1. The Morgan fingerprint density at radius 3 is 2.41 bits per heavy atom. The van der Waals surface area contributed by atoms with Crippen LogP contribution in [0.25, 0.3) is 0 Å². The number of benzene rings is 2. The Morgan fingerprint density at radius 1 is 1.21 bits per heavy atom. The molecular formula is C18H20ClN3O5S2. The molecule has 0 aliphatic carbocycles. The highest BCUT2D eigenvalue weighted by Gasteiger charge is 2.25. The van der Waals surface area contributed by atoms with Crippen molar-refractivity contribution in [3.05, 3.63) is 57.1 Å². The third kappa shape index (κ3) is 5.08. The van der Waals surface area contributed by atoms with Crippen LogP contribution in [0.15, 0.2) is 46.2 Å². The quantitative estimate of drug-likeness (QED) is 0.360. The summed E-state index contributed by atoms with van der Waals surface area (Å²) in [5, 5.41) is 13.9. The number of hydrogen-bond acceptors (Lipinski definition) is 6. The van der Waals surface area contributed by atoms with Gasteiger partial charge in [0, 0.05) is 24.1 Å². The predicted molar refractivity (Wildman–Crippen MR) is 114 cm³/mol. The van der Waals surface area contributed by atoms with Crippen molar-refractivity contribution in [3.63, 3.8) is 0 Å². The standard InChI is InChI=1S/C18H20ClN3O5S2/c1-4-21(5-2)29(26,27)13-7-8-15(19)16(11-13)20-18(23)14-10-12(28-3)6-9-17(14)22(24)25/h6-11H,4-5H2,1-3H3,(H,20,23). The van der Waals surface area contributed by atoms with Crippen molar-refractivity contribution in [2.75, 3.05) is 24.7 Å². The lowest BCUT2D eigenvalue weighted by atomic mass is 10.1. The van der Waals surface area contributed by atoms with Gasteiger partial charge in [0.2, 0.25) is 10.0 Å². The number of sulfonamides is 1. The van der Waals surface area contributed by atoms with Gasteiger partial charge >= 0.3 is 0 Å². The molecule has 8 nitrogen and oxygen atoms in total. The molecule has 156 valence electrons. The van der Waals surface area contributed by atoms with Crippen molar-refractivity contribution in [3.8, 4) is 0 Å². The monoisotopic (exact) mass is 457 g/mol. The molecule has 0 unspecified atom stereocenters. The molecule has 0 saturated carbocycles. The van der Waals surface area contributed by atoms with Crippen molar-refractivity contribution in [1.29, 1.82) is 0 Å². The lowest BCUT2D eigenvalue weighted by molar-refractivity contribution is -0.385. The number of halogens is 1. The number of nitrogens with one attached hydrogen (secondary N) is 1. The summed E-state index contributed by atoms with van der Waals surface area (Å²) in [6.45, 7) is 4.02. The normalized spacial score (nSPS) is 11.5. The molecule has 0 radical (unpaired) electrons. The third-order valence-electron chi connectivity index (χ3n) is 4.17. The van der Waals surface area contributed by atoms with Crippen LogP contribution >= 0.6 is 23.4 Å². The highest BCUT2D eigenvalue weighted by atomic mass is 35.5. The van der Waals surface area contributed by atoms with Crippen LogP contribution in [0.5, 0.6) is 0 Å². The lowest BCUT2D eigenvalue weighted by Gasteiger charge is -2.19. The number of nitro benzene ring substituents is 1. The topological polar surface area (TPSA) is 110 Å². The van der Waals surface area contributed by atoms with E-state index in [0.717, 1.165) is 0 Å². The number of thioether (sulfide) groups is 1. The van der Waals surface area contributed by atoms with Gasteiger partial charge in [-0.25, -0.2) is 8.42 Å². The van der Waals surface area contributed by atoms with Gasteiger partial charge in [-0.1, -0.05) is 25.4 Å². The number of nitrogens with zero attached hydrogens (tertiary/aromatic N) is 2. The number of anilines is 1. The van der Waals surface area contributed by atoms with Crippen LogP contribution < -0.4 is 5.32 Å². The molecule has 0 spiro atoms. The van der Waals surface area contributed by atoms with E-state index in [1.165, 1.54) is 46.4 Å². The average molecular weight is 458 g/mol. The maximum absolute atomic E-state index is 12.7. The second-order valence-corrected chi connectivity index (χ2v) is 9.05. The van der Waals surface area contributed by atoms with E-state index in [9.17, 15) is 23.3 Å². The van der Waals surface area contributed by atoms with Gasteiger partial charge in [-0.05, 0) is 36.6 Å². The fraction of sp³-hybridized carbons (Fsp3) is 0.278. The Labute approximate surface area is 178 Å². The highest BCUT2D eigenvalue weighted by molar-refractivity contribution is 7.98. The second kappa shape index (κ2) is 9.57. The molecule has 0 atom stereocenters. The first-order valence-electron chi connectivity index (χ1n) is 8.59. The van der Waals surface area contributed by atoms with Crippen LogP contribution in [0.3, 0.4) is 0 Å². The van der Waals surface area contributed by atoms with Crippen LogP contribution in [-0.2, 0) is 10.0 Å². The first-order valence-corrected chi connectivity index (χ1v) is 11.6. The molecule has 0 fully saturated rings. The van der Waals surface area contributed by atoms with Gasteiger partial charge in [0.25, 0.3) is 11.6 Å². The van der Waals surface area contributed by atoms with Crippen LogP contribution in [0.4, 0.5) is 11.4 Å². The highest BCUT2D eigenvalue weighted by Crippen LogP contribution is 2.30. The zero-order chi connectivity index (χ0) is 21.8. The molecule has 1 N–H and O–H groups in total. The van der Waals surface area contributed by atoms with Gasteiger partial charge < -0.3 is 5.32 Å². The summed E-state index contributed by atoms with van der Waals surface area (Å²) < 4.78 is 26.7. The Morgan fingerprint density at radius 2 is 1.86 bits per heavy atom. The Bertz CT molecular complexity index is 1040. The van der Waals surface area contributed by atoms with Crippen LogP contribution in [0.1, 0.15) is 24.2 Å². The van der Waals surface area contributed by atoms with Gasteiger partial charge in [0.15, 0.2) is 0 Å². The first kappa shape index (κ1) is 23.1. The third-order valence-corrected chi connectivity index (χ3v) is 7.28. The summed E-state index contributed by atoms with van der Waals surface area (Å²) in [6.07, 6.45) is 1.78. The SMILES string of the molecule is CCN(CC)S(=O)(=O)c1ccc(Cl)c(NC(=O)c2cc(SC)ccc2[N+](=O)[O-])c1. The molecule has 0 bridgehead atoms. The zero-order valence-electron chi connectivity index (χ0n) is 16.0. The largest absolute Gasteiger partial charge is 0.320 e. The maximum atomic E-state index is 12.7. The van der Waals surface area contributed by atoms with Crippen LogP contribution in [-0.4, -0.2) is 42.9 Å². The minimum Gasteiger partial charge on any atom is -0.320 e. The molecular weight excluding hydrogens is 438 g/mol. The van der Waals surface area contributed by atoms with E-state index in [-0.39, 0.29) is 39.9 Å². The van der Waals surface area contributed by atoms with Gasteiger partial charge in [0.05, 0.1) is 20.5 Å². The number of hydrogen-bond donors (Lipinski definition) is 1. The maximum Gasteiger partial charge on any atom is 0.282 e. The van der Waals surface area contributed by atoms with E-state index in [2.05, 4.69) is 5.32 Å². The van der Waals surface area contributed by atoms with E-state index in [0.29, 0.717) is 4.90 Å². The van der Waals surface area contributed by atoms with Crippen LogP contribution in [0, 0.1) is 10.1 Å². The second-order valence-electron chi connectivity index (χ2n) is 5.83. The van der Waals surface area contributed by atoms with E-state index >= 15 is 0 Å². The van der Waals surface area contributed by atoms with Crippen molar-refractivity contribution in [1.82, 2.24) is 4.31 Å². The Balaban J connectivity index is 2.45. The molecule has 0 heterocycles. The van der Waals surface area contributed by atoms with Gasteiger partial charge in [-0.2, -0.15) is 4.31 Å². The summed E-state index contributed by atoms with van der Waals surface area (Å²) in [5.74, 6) is -0.758. The lowest BCUT2D eigenvalue weighted by Crippen LogP contribution is -2.30. The van der Waals surface area contributed by atoms with E-state index in [1.54, 1.807) is 26.2 Å². The van der Waals surface area contributed by atoms with Crippen molar-refractivity contribution >= 4 is 50.7 Å². The van der Waals surface area contributed by atoms with Crippen molar-refractivity contribution in [2.45, 2.75) is 23.6 Å². The summed E-state index contributed by atoms with van der Waals surface area (Å²) in [5.41, 5.74) is -0.452. The smallest absolute Gasteiger partial charge is 0.282 e. The summed E-state index contributed by atoms with van der Waals surface area (Å²) in [7, 11) is -3.76. The molecule has 29 heavy (non-hydrogen) atoms. The number of carbonyl (C=O) groups is 1. The fourth-order valence-electron chi connectivity index (χ4n) is 2.65. The summed E-state index contributed by atoms with van der Waals surface area (Å²) in [6, 6.07) is 8.16. The molecule has 2 rings (SSSR count). The minimum atomic E-state index is -3.76. The molecule has 0 aromatic heterocycles. The van der Waals surface area contributed by atoms with Crippen molar-refractivity contribution < 1.29 is 18.1 Å². The van der Waals surface area contributed by atoms with Gasteiger partial charge in [-0.3, -0.25) is 14.9 Å². The average Bonchev–Trinajstić information content (AvgIpc) is 2.69. The number of carbonyl (C=O) groups excluding carboxylic acids is 1. The predicted octanol–water partition coefficient (Wildman–Crippen LogP) is 4.25. The van der Waals surface area contributed by atoms with E-state index in [1.807, 2.05) is 0 Å². The number of rotatable bonds is 8. The molecule has 11 heteroatoms. The van der Waals surface area contributed by atoms with Gasteiger partial charge in [0.1, 0.15) is 5.56 Å². The molecule has 2 aromatic rings. The van der Waals surface area contributed by atoms with E-state index in [4.69, 9.17) is 11.6 Å². The zero-order valence-corrected chi connectivity index (χ0v) is 18.4. The molecule has 2 aromatic carbocycles. The van der Waals surface area contributed by atoms with Crippen LogP contribution in [0.2, 0.25) is 5.02 Å². The molecule has 1 amide bonds. The van der Waals surface area contributed by atoms with Gasteiger partial charge in [-0.15, -0.1) is 11.8 Å².